The Morgan fingerprint density at radius 3 is 2.19 bits per heavy atom. The van der Waals surface area contributed by atoms with E-state index in [1.807, 2.05) is 0 Å². The summed E-state index contributed by atoms with van der Waals surface area (Å²) in [5, 5.41) is 0. The molecule has 21 heavy (non-hydrogen) atoms. The Kier molecular flexibility index (Phi) is 4.08. The largest absolute Gasteiger partial charge is 0.389 e. The minimum atomic E-state index is -0.589. The van der Waals surface area contributed by atoms with Gasteiger partial charge in [-0.15, -0.1) is 0 Å². The van der Waals surface area contributed by atoms with Gasteiger partial charge in [-0.3, -0.25) is 4.90 Å². The van der Waals surface area contributed by atoms with E-state index in [-0.39, 0.29) is 16.2 Å². The van der Waals surface area contributed by atoms with Crippen molar-refractivity contribution in [1.82, 2.24) is 4.90 Å². The lowest BCUT2D eigenvalue weighted by molar-refractivity contribution is 0.247. The van der Waals surface area contributed by atoms with Crippen LogP contribution in [0.3, 0.4) is 0 Å². The molecule has 0 bridgehead atoms. The third kappa shape index (κ3) is 3.32. The second-order valence-corrected chi connectivity index (χ2v) is 6.32. The third-order valence-electron chi connectivity index (χ3n) is 4.20. The number of halogens is 2. The van der Waals surface area contributed by atoms with Crippen molar-refractivity contribution in [3.8, 4) is 0 Å². The van der Waals surface area contributed by atoms with Gasteiger partial charge < -0.3 is 10.6 Å². The monoisotopic (exact) mass is 311 g/mol. The van der Waals surface area contributed by atoms with Crippen LogP contribution >= 0.6 is 12.2 Å². The normalized spacial score (nSPS) is 19.8. The molecular weight excluding hydrogens is 292 g/mol. The van der Waals surface area contributed by atoms with E-state index in [1.165, 1.54) is 25.0 Å². The van der Waals surface area contributed by atoms with E-state index < -0.39 is 11.6 Å². The molecule has 2 aliphatic rings. The molecule has 1 aliphatic carbocycles. The van der Waals surface area contributed by atoms with Crippen molar-refractivity contribution in [1.29, 1.82) is 0 Å². The summed E-state index contributed by atoms with van der Waals surface area (Å²) in [6.07, 6.45) is 2.65. The molecule has 114 valence electrons. The van der Waals surface area contributed by atoms with Crippen LogP contribution < -0.4 is 10.6 Å². The van der Waals surface area contributed by atoms with Gasteiger partial charge in [0.25, 0.3) is 0 Å². The number of anilines is 1. The molecule has 1 aromatic carbocycles. The summed E-state index contributed by atoms with van der Waals surface area (Å²) in [7, 11) is 0. The Bertz CT molecular complexity index is 529. The molecule has 0 radical (unpaired) electrons. The van der Waals surface area contributed by atoms with E-state index in [1.54, 1.807) is 4.90 Å². The quantitative estimate of drug-likeness (QED) is 0.864. The van der Waals surface area contributed by atoms with Gasteiger partial charge in [0.2, 0.25) is 0 Å². The van der Waals surface area contributed by atoms with Crippen LogP contribution in [0.2, 0.25) is 0 Å². The van der Waals surface area contributed by atoms with Gasteiger partial charge in [-0.05, 0) is 30.9 Å². The SMILES string of the molecule is NC(=S)c1cc(F)c(N2CCN(CC3CC3)CC2)c(F)c1. The third-order valence-corrected chi connectivity index (χ3v) is 4.44. The number of rotatable bonds is 4. The molecule has 1 heterocycles. The minimum Gasteiger partial charge on any atom is -0.389 e. The number of piperazine rings is 1. The van der Waals surface area contributed by atoms with Crippen molar-refractivity contribution in [2.45, 2.75) is 12.8 Å². The summed E-state index contributed by atoms with van der Waals surface area (Å²) in [6.45, 7) is 4.12. The van der Waals surface area contributed by atoms with Gasteiger partial charge in [0.15, 0.2) is 0 Å². The van der Waals surface area contributed by atoms with E-state index in [4.69, 9.17) is 18.0 Å². The van der Waals surface area contributed by atoms with Gasteiger partial charge in [-0.2, -0.15) is 0 Å². The van der Waals surface area contributed by atoms with Crippen molar-refractivity contribution < 1.29 is 8.78 Å². The van der Waals surface area contributed by atoms with Gasteiger partial charge >= 0.3 is 0 Å². The molecule has 2 N–H and O–H groups in total. The Morgan fingerprint density at radius 1 is 1.14 bits per heavy atom. The predicted octanol–water partition coefficient (Wildman–Crippen LogP) is 2.13. The Hall–Kier alpha value is -1.27. The fourth-order valence-corrected chi connectivity index (χ4v) is 2.95. The van der Waals surface area contributed by atoms with Crippen molar-refractivity contribution in [3.05, 3.63) is 29.3 Å². The van der Waals surface area contributed by atoms with Gasteiger partial charge in [-0.25, -0.2) is 8.78 Å². The molecule has 0 spiro atoms. The lowest BCUT2D eigenvalue weighted by Crippen LogP contribution is -2.47. The zero-order valence-electron chi connectivity index (χ0n) is 11.8. The second kappa shape index (κ2) is 5.85. The lowest BCUT2D eigenvalue weighted by atomic mass is 10.1. The fraction of sp³-hybridized carbons (Fsp3) is 0.533. The van der Waals surface area contributed by atoms with Crippen LogP contribution in [-0.2, 0) is 0 Å². The number of nitrogens with zero attached hydrogens (tertiary/aromatic N) is 2. The Morgan fingerprint density at radius 2 is 1.71 bits per heavy atom. The molecule has 0 unspecified atom stereocenters. The first-order valence-electron chi connectivity index (χ1n) is 7.30. The van der Waals surface area contributed by atoms with Crippen molar-refractivity contribution in [3.63, 3.8) is 0 Å². The number of nitrogens with two attached hydrogens (primary N) is 1. The summed E-state index contributed by atoms with van der Waals surface area (Å²) in [6, 6.07) is 2.44. The number of thiocarbonyl (C=S) groups is 1. The number of benzene rings is 1. The van der Waals surface area contributed by atoms with Crippen molar-refractivity contribution in [2.24, 2.45) is 11.7 Å². The van der Waals surface area contributed by atoms with Crippen LogP contribution in [0.5, 0.6) is 0 Å². The summed E-state index contributed by atoms with van der Waals surface area (Å²) in [5.41, 5.74) is 5.70. The van der Waals surface area contributed by atoms with Gasteiger partial charge in [0.1, 0.15) is 22.3 Å². The topological polar surface area (TPSA) is 32.5 Å². The highest BCUT2D eigenvalue weighted by molar-refractivity contribution is 7.80. The van der Waals surface area contributed by atoms with E-state index >= 15 is 0 Å². The maximum atomic E-state index is 14.2. The summed E-state index contributed by atoms with van der Waals surface area (Å²) in [5.74, 6) is -0.336. The molecular formula is C15H19F2N3S. The molecule has 0 aromatic heterocycles. The predicted molar refractivity (Wildman–Crippen MR) is 83.6 cm³/mol. The van der Waals surface area contributed by atoms with E-state index in [9.17, 15) is 8.78 Å². The van der Waals surface area contributed by atoms with Crippen LogP contribution in [0.4, 0.5) is 14.5 Å². The Labute approximate surface area is 128 Å². The molecule has 2 fully saturated rings. The van der Waals surface area contributed by atoms with E-state index in [2.05, 4.69) is 4.90 Å². The highest BCUT2D eigenvalue weighted by atomic mass is 32.1. The first-order chi connectivity index (χ1) is 10.0. The van der Waals surface area contributed by atoms with Crippen LogP contribution in [0.15, 0.2) is 12.1 Å². The zero-order chi connectivity index (χ0) is 15.0. The molecule has 3 rings (SSSR count). The average Bonchev–Trinajstić information content (AvgIpc) is 3.23. The second-order valence-electron chi connectivity index (χ2n) is 5.88. The molecule has 0 atom stereocenters. The number of hydrogen-bond donors (Lipinski definition) is 1. The molecule has 6 heteroatoms. The van der Waals surface area contributed by atoms with Crippen LogP contribution in [0.1, 0.15) is 18.4 Å². The van der Waals surface area contributed by atoms with E-state index in [0.29, 0.717) is 13.1 Å². The highest BCUT2D eigenvalue weighted by Gasteiger charge is 2.28. The van der Waals surface area contributed by atoms with Crippen LogP contribution in [0, 0.1) is 17.6 Å². The van der Waals surface area contributed by atoms with Crippen molar-refractivity contribution >= 4 is 22.9 Å². The van der Waals surface area contributed by atoms with Crippen molar-refractivity contribution in [2.75, 3.05) is 37.6 Å². The molecule has 1 aliphatic heterocycles. The molecule has 3 nitrogen and oxygen atoms in total. The summed E-state index contributed by atoms with van der Waals surface area (Å²) < 4.78 is 28.3. The average molecular weight is 311 g/mol. The summed E-state index contributed by atoms with van der Waals surface area (Å²) in [4.78, 5) is 4.17. The molecule has 1 aromatic rings. The van der Waals surface area contributed by atoms with Gasteiger partial charge in [-0.1, -0.05) is 12.2 Å². The maximum Gasteiger partial charge on any atom is 0.150 e. The summed E-state index contributed by atoms with van der Waals surface area (Å²) >= 11 is 4.77. The van der Waals surface area contributed by atoms with Crippen LogP contribution in [0.25, 0.3) is 0 Å². The molecule has 0 amide bonds. The lowest BCUT2D eigenvalue weighted by Gasteiger charge is -2.36. The first-order valence-corrected chi connectivity index (χ1v) is 7.71. The zero-order valence-corrected chi connectivity index (χ0v) is 12.6. The fourth-order valence-electron chi connectivity index (χ4n) is 2.83. The molecule has 1 saturated carbocycles. The smallest absolute Gasteiger partial charge is 0.150 e. The van der Waals surface area contributed by atoms with Gasteiger partial charge in [0.05, 0.1) is 0 Å². The minimum absolute atomic E-state index is 0.00797. The maximum absolute atomic E-state index is 14.2. The number of hydrogen-bond acceptors (Lipinski definition) is 3. The Balaban J connectivity index is 1.71. The molecule has 1 saturated heterocycles. The highest BCUT2D eigenvalue weighted by Crippen LogP contribution is 2.31. The van der Waals surface area contributed by atoms with Crippen LogP contribution in [-0.4, -0.2) is 42.6 Å². The standard InChI is InChI=1S/C15H19F2N3S/c16-12-7-11(15(18)21)8-13(17)14(12)20-5-3-19(4-6-20)9-10-1-2-10/h7-8,10H,1-6,9H2,(H2,18,21). The van der Waals surface area contributed by atoms with E-state index in [0.717, 1.165) is 25.6 Å². The first kappa shape index (κ1) is 14.7. The van der Waals surface area contributed by atoms with Gasteiger partial charge in [0, 0.05) is 38.3 Å².